The molecule has 0 saturated carbocycles. The third-order valence-corrected chi connectivity index (χ3v) is 3.41. The molecule has 0 aromatic heterocycles. The molecule has 0 saturated heterocycles. The summed E-state index contributed by atoms with van der Waals surface area (Å²) in [4.78, 5) is 10.5. The Morgan fingerprint density at radius 1 is 1.24 bits per heavy atom. The summed E-state index contributed by atoms with van der Waals surface area (Å²) in [6.45, 7) is 2.54. The van der Waals surface area contributed by atoms with Gasteiger partial charge in [0.1, 0.15) is 5.82 Å². The van der Waals surface area contributed by atoms with Crippen LogP contribution in [0.3, 0.4) is 0 Å². The van der Waals surface area contributed by atoms with Gasteiger partial charge in [0.2, 0.25) is 0 Å². The highest BCUT2D eigenvalue weighted by Crippen LogP contribution is 2.30. The smallest absolute Gasteiger partial charge is 0.273 e. The molecule has 0 aliphatic rings. The summed E-state index contributed by atoms with van der Waals surface area (Å²) >= 11 is 3.31. The van der Waals surface area contributed by atoms with Crippen LogP contribution in [0.2, 0.25) is 0 Å². The lowest BCUT2D eigenvalue weighted by atomic mass is 10.2. The van der Waals surface area contributed by atoms with Crippen LogP contribution in [0.4, 0.5) is 27.1 Å². The summed E-state index contributed by atoms with van der Waals surface area (Å²) in [6, 6.07) is 8.80. The molecule has 0 bridgehead atoms. The topological polar surface area (TPSA) is 67.2 Å². The van der Waals surface area contributed by atoms with Crippen LogP contribution in [0.15, 0.2) is 40.9 Å². The predicted octanol–water partition coefficient (Wildman–Crippen LogP) is 4.67. The van der Waals surface area contributed by atoms with E-state index in [1.54, 1.807) is 12.1 Å². The van der Waals surface area contributed by atoms with Crippen molar-refractivity contribution in [2.75, 3.05) is 17.2 Å². The van der Waals surface area contributed by atoms with Crippen LogP contribution in [-0.2, 0) is 0 Å². The summed E-state index contributed by atoms with van der Waals surface area (Å²) in [6.07, 6.45) is 0. The number of nitrogens with zero attached hydrogens (tertiary/aromatic N) is 1. The van der Waals surface area contributed by atoms with Gasteiger partial charge in [-0.2, -0.15) is 0 Å². The predicted molar refractivity (Wildman–Crippen MR) is 84.6 cm³/mol. The van der Waals surface area contributed by atoms with Crippen LogP contribution < -0.4 is 10.6 Å². The average Bonchev–Trinajstić information content (AvgIpc) is 2.43. The lowest BCUT2D eigenvalue weighted by molar-refractivity contribution is -0.384. The van der Waals surface area contributed by atoms with Gasteiger partial charge in [0.15, 0.2) is 0 Å². The summed E-state index contributed by atoms with van der Waals surface area (Å²) in [5.74, 6) is -0.391. The van der Waals surface area contributed by atoms with Crippen LogP contribution in [0.5, 0.6) is 0 Å². The number of rotatable bonds is 5. The van der Waals surface area contributed by atoms with Crippen LogP contribution in [0.1, 0.15) is 6.92 Å². The van der Waals surface area contributed by atoms with Crippen molar-refractivity contribution >= 4 is 38.7 Å². The largest absolute Gasteiger partial charge is 0.385 e. The molecule has 0 aliphatic carbocycles. The summed E-state index contributed by atoms with van der Waals surface area (Å²) < 4.78 is 13.9. The number of anilines is 3. The van der Waals surface area contributed by atoms with Gasteiger partial charge in [-0.3, -0.25) is 10.1 Å². The first-order chi connectivity index (χ1) is 9.99. The lowest BCUT2D eigenvalue weighted by Gasteiger charge is -2.11. The Labute approximate surface area is 129 Å². The van der Waals surface area contributed by atoms with Gasteiger partial charge < -0.3 is 10.6 Å². The summed E-state index contributed by atoms with van der Waals surface area (Å²) in [7, 11) is 0. The first-order valence-corrected chi connectivity index (χ1v) is 7.04. The molecule has 2 N–H and O–H groups in total. The molecule has 0 spiro atoms. The molecule has 2 aromatic rings. The second-order valence-electron chi connectivity index (χ2n) is 4.31. The van der Waals surface area contributed by atoms with Crippen molar-refractivity contribution in [3.8, 4) is 0 Å². The van der Waals surface area contributed by atoms with Crippen molar-refractivity contribution in [1.82, 2.24) is 0 Å². The zero-order valence-corrected chi connectivity index (χ0v) is 12.8. The number of benzene rings is 2. The second kappa shape index (κ2) is 6.53. The Kier molecular flexibility index (Phi) is 4.74. The van der Waals surface area contributed by atoms with E-state index >= 15 is 0 Å². The third kappa shape index (κ3) is 3.91. The van der Waals surface area contributed by atoms with Crippen molar-refractivity contribution in [3.63, 3.8) is 0 Å². The number of hydrogen-bond donors (Lipinski definition) is 2. The number of halogens is 2. The highest BCUT2D eigenvalue weighted by atomic mass is 79.9. The maximum Gasteiger partial charge on any atom is 0.273 e. The molecule has 0 atom stereocenters. The van der Waals surface area contributed by atoms with Gasteiger partial charge in [0, 0.05) is 34.5 Å². The maximum absolute atomic E-state index is 13.3. The minimum Gasteiger partial charge on any atom is -0.385 e. The maximum atomic E-state index is 13.3. The standard InChI is InChI=1S/C14H13BrFN3O2/c1-2-17-10-6-11(8-12(7-10)19(20)21)18-14-5-9(16)3-4-13(14)15/h3-8,17-18H,2H2,1H3. The van der Waals surface area contributed by atoms with Crippen molar-refractivity contribution in [3.05, 3.63) is 56.8 Å². The normalized spacial score (nSPS) is 10.2. The molecule has 7 heteroatoms. The molecule has 0 fully saturated rings. The fourth-order valence-corrected chi connectivity index (χ4v) is 2.19. The van der Waals surface area contributed by atoms with Crippen LogP contribution in [-0.4, -0.2) is 11.5 Å². The lowest BCUT2D eigenvalue weighted by Crippen LogP contribution is -2.00. The fraction of sp³-hybridized carbons (Fsp3) is 0.143. The van der Waals surface area contributed by atoms with E-state index in [9.17, 15) is 14.5 Å². The van der Waals surface area contributed by atoms with Gasteiger partial charge in [0.25, 0.3) is 5.69 Å². The molecular weight excluding hydrogens is 341 g/mol. The quantitative estimate of drug-likeness (QED) is 0.605. The molecule has 2 rings (SSSR count). The Morgan fingerprint density at radius 2 is 1.95 bits per heavy atom. The minimum absolute atomic E-state index is 0.0384. The number of hydrogen-bond acceptors (Lipinski definition) is 4. The van der Waals surface area contributed by atoms with Crippen LogP contribution in [0.25, 0.3) is 0 Å². The van der Waals surface area contributed by atoms with Crippen molar-refractivity contribution in [2.24, 2.45) is 0 Å². The van der Waals surface area contributed by atoms with Gasteiger partial charge >= 0.3 is 0 Å². The third-order valence-electron chi connectivity index (χ3n) is 2.72. The van der Waals surface area contributed by atoms with Gasteiger partial charge in [-0.05, 0) is 47.1 Å². The molecule has 5 nitrogen and oxygen atoms in total. The zero-order chi connectivity index (χ0) is 15.4. The zero-order valence-electron chi connectivity index (χ0n) is 11.2. The molecular formula is C14H13BrFN3O2. The Balaban J connectivity index is 2.38. The van der Waals surface area contributed by atoms with Gasteiger partial charge in [-0.15, -0.1) is 0 Å². The minimum atomic E-state index is -0.466. The van der Waals surface area contributed by atoms with Gasteiger partial charge in [0.05, 0.1) is 10.6 Å². The summed E-state index contributed by atoms with van der Waals surface area (Å²) in [5, 5.41) is 17.0. The van der Waals surface area contributed by atoms with Gasteiger partial charge in [-0.25, -0.2) is 4.39 Å². The van der Waals surface area contributed by atoms with Crippen LogP contribution in [0, 0.1) is 15.9 Å². The van der Waals surface area contributed by atoms with E-state index in [0.29, 0.717) is 28.1 Å². The Hall–Kier alpha value is -2.15. The van der Waals surface area contributed by atoms with E-state index in [4.69, 9.17) is 0 Å². The van der Waals surface area contributed by atoms with E-state index in [2.05, 4.69) is 26.6 Å². The van der Waals surface area contributed by atoms with Gasteiger partial charge in [-0.1, -0.05) is 0 Å². The van der Waals surface area contributed by atoms with E-state index in [0.717, 1.165) is 0 Å². The summed E-state index contributed by atoms with van der Waals surface area (Å²) in [5.41, 5.74) is 1.59. The number of non-ortho nitro benzene ring substituents is 1. The molecule has 2 aromatic carbocycles. The Morgan fingerprint density at radius 3 is 2.62 bits per heavy atom. The number of nitro groups is 1. The number of nitrogens with one attached hydrogen (secondary N) is 2. The average molecular weight is 354 g/mol. The molecule has 0 heterocycles. The number of nitro benzene ring substituents is 1. The van der Waals surface area contributed by atoms with E-state index < -0.39 is 10.7 Å². The highest BCUT2D eigenvalue weighted by molar-refractivity contribution is 9.10. The SMILES string of the molecule is CCNc1cc(Nc2cc(F)ccc2Br)cc([N+](=O)[O-])c1. The fourth-order valence-electron chi connectivity index (χ4n) is 1.84. The van der Waals surface area contributed by atoms with Crippen LogP contribution >= 0.6 is 15.9 Å². The van der Waals surface area contributed by atoms with E-state index in [1.807, 2.05) is 6.92 Å². The highest BCUT2D eigenvalue weighted by Gasteiger charge is 2.11. The van der Waals surface area contributed by atoms with Crippen molar-refractivity contribution < 1.29 is 9.31 Å². The monoisotopic (exact) mass is 353 g/mol. The van der Waals surface area contributed by atoms with E-state index in [-0.39, 0.29) is 5.69 Å². The van der Waals surface area contributed by atoms with E-state index in [1.165, 1.54) is 24.3 Å². The molecule has 0 unspecified atom stereocenters. The molecule has 0 amide bonds. The molecule has 0 aliphatic heterocycles. The van der Waals surface area contributed by atoms with Crippen molar-refractivity contribution in [1.29, 1.82) is 0 Å². The first kappa shape index (κ1) is 15.2. The second-order valence-corrected chi connectivity index (χ2v) is 5.16. The Bertz CT molecular complexity index is 679. The molecule has 0 radical (unpaired) electrons. The molecule has 110 valence electrons. The molecule has 21 heavy (non-hydrogen) atoms. The first-order valence-electron chi connectivity index (χ1n) is 6.25. The van der Waals surface area contributed by atoms with Crippen molar-refractivity contribution in [2.45, 2.75) is 6.92 Å².